The lowest BCUT2D eigenvalue weighted by Gasteiger charge is -2.06. The molecule has 0 saturated heterocycles. The number of aliphatic carboxylic acids is 1. The molecule has 2 aromatic carbocycles. The summed E-state index contributed by atoms with van der Waals surface area (Å²) < 4.78 is 9.91. The van der Waals surface area contributed by atoms with Gasteiger partial charge in [0.2, 0.25) is 0 Å². The van der Waals surface area contributed by atoms with Crippen LogP contribution in [0.2, 0.25) is 0 Å². The van der Waals surface area contributed by atoms with Gasteiger partial charge in [0.15, 0.2) is 6.61 Å². The van der Waals surface area contributed by atoms with E-state index in [0.29, 0.717) is 22.6 Å². The minimum Gasteiger partial charge on any atom is -0.482 e. The number of nitrogens with zero attached hydrogens (tertiary/aromatic N) is 1. The van der Waals surface area contributed by atoms with E-state index in [1.165, 1.54) is 42.5 Å². The van der Waals surface area contributed by atoms with Gasteiger partial charge in [0.25, 0.3) is 5.91 Å². The first-order chi connectivity index (χ1) is 13.9. The maximum Gasteiger partial charge on any atom is 0.341 e. The van der Waals surface area contributed by atoms with Gasteiger partial charge in [-0.1, -0.05) is 12.1 Å². The zero-order valence-corrected chi connectivity index (χ0v) is 15.5. The Morgan fingerprint density at radius 1 is 1.10 bits per heavy atom. The Balaban J connectivity index is 2.05. The molecular formula is C21H18N2O6. The van der Waals surface area contributed by atoms with Crippen molar-refractivity contribution in [1.29, 1.82) is 5.26 Å². The monoisotopic (exact) mass is 394 g/mol. The quantitative estimate of drug-likeness (QED) is 0.400. The van der Waals surface area contributed by atoms with Crippen LogP contribution >= 0.6 is 0 Å². The smallest absolute Gasteiger partial charge is 0.341 e. The molecular weight excluding hydrogens is 376 g/mol. The van der Waals surface area contributed by atoms with Crippen LogP contribution in [0.5, 0.6) is 5.75 Å². The fourth-order valence-corrected chi connectivity index (χ4v) is 2.22. The molecule has 0 saturated carbocycles. The highest BCUT2D eigenvalue weighted by atomic mass is 16.5. The van der Waals surface area contributed by atoms with E-state index in [1.807, 2.05) is 6.07 Å². The molecule has 29 heavy (non-hydrogen) atoms. The topological polar surface area (TPSA) is 126 Å². The number of ether oxygens (including phenoxy) is 2. The van der Waals surface area contributed by atoms with Gasteiger partial charge in [-0.15, -0.1) is 0 Å². The summed E-state index contributed by atoms with van der Waals surface area (Å²) in [5.41, 5.74) is 1.21. The molecule has 8 heteroatoms. The van der Waals surface area contributed by atoms with Crippen LogP contribution < -0.4 is 10.1 Å². The maximum atomic E-state index is 12.3. The van der Waals surface area contributed by atoms with Crippen LogP contribution in [0.25, 0.3) is 6.08 Å². The van der Waals surface area contributed by atoms with Crippen molar-refractivity contribution in [2.75, 3.05) is 18.5 Å². The second-order valence-corrected chi connectivity index (χ2v) is 5.67. The molecule has 2 rings (SSSR count). The van der Waals surface area contributed by atoms with Gasteiger partial charge in [0.05, 0.1) is 12.2 Å². The van der Waals surface area contributed by atoms with Crippen LogP contribution in [-0.2, 0) is 14.3 Å². The molecule has 0 bridgehead atoms. The molecule has 0 radical (unpaired) electrons. The third kappa shape index (κ3) is 6.52. The Labute approximate surface area is 167 Å². The van der Waals surface area contributed by atoms with E-state index in [2.05, 4.69) is 5.32 Å². The summed E-state index contributed by atoms with van der Waals surface area (Å²) in [6.45, 7) is 1.51. The highest BCUT2D eigenvalue weighted by Gasteiger charge is 2.11. The summed E-state index contributed by atoms with van der Waals surface area (Å²) in [7, 11) is 0. The summed E-state index contributed by atoms with van der Waals surface area (Å²) in [5, 5.41) is 20.5. The largest absolute Gasteiger partial charge is 0.482 e. The van der Waals surface area contributed by atoms with E-state index in [9.17, 15) is 19.6 Å². The molecule has 0 fully saturated rings. The zero-order valence-electron chi connectivity index (χ0n) is 15.5. The summed E-state index contributed by atoms with van der Waals surface area (Å²) in [4.78, 5) is 34.5. The van der Waals surface area contributed by atoms with Crippen molar-refractivity contribution in [3.05, 3.63) is 65.2 Å². The molecule has 0 aliphatic heterocycles. The lowest BCUT2D eigenvalue weighted by Crippen LogP contribution is -2.13. The highest BCUT2D eigenvalue weighted by molar-refractivity contribution is 6.09. The Morgan fingerprint density at radius 3 is 2.31 bits per heavy atom. The lowest BCUT2D eigenvalue weighted by molar-refractivity contribution is -0.139. The van der Waals surface area contributed by atoms with Gasteiger partial charge in [-0.05, 0) is 55.0 Å². The molecule has 0 aliphatic rings. The number of carbonyl (C=O) groups is 3. The zero-order chi connectivity index (χ0) is 21.2. The highest BCUT2D eigenvalue weighted by Crippen LogP contribution is 2.16. The molecule has 0 aromatic heterocycles. The SMILES string of the molecule is CCOC(=O)c1ccc(NC(=O)/C(C#N)=C/c2ccc(OCC(=O)O)cc2)cc1. The third-order valence-corrected chi connectivity index (χ3v) is 3.57. The van der Waals surface area contributed by atoms with Gasteiger partial charge in [0.1, 0.15) is 17.4 Å². The summed E-state index contributed by atoms with van der Waals surface area (Å²) in [5.74, 6) is -1.80. The second-order valence-electron chi connectivity index (χ2n) is 5.67. The molecule has 8 nitrogen and oxygen atoms in total. The van der Waals surface area contributed by atoms with Crippen molar-refractivity contribution in [3.63, 3.8) is 0 Å². The summed E-state index contributed by atoms with van der Waals surface area (Å²) >= 11 is 0. The van der Waals surface area contributed by atoms with Gasteiger partial charge in [0, 0.05) is 5.69 Å². The number of amides is 1. The maximum absolute atomic E-state index is 12.3. The average molecular weight is 394 g/mol. The number of carbonyl (C=O) groups excluding carboxylic acids is 2. The van der Waals surface area contributed by atoms with Gasteiger partial charge < -0.3 is 19.9 Å². The number of rotatable bonds is 8. The molecule has 0 spiro atoms. The van der Waals surface area contributed by atoms with Crippen LogP contribution in [0, 0.1) is 11.3 Å². The predicted molar refractivity (Wildman–Crippen MR) is 104 cm³/mol. The number of nitriles is 1. The fourth-order valence-electron chi connectivity index (χ4n) is 2.22. The number of carboxylic acid groups (broad SMARTS) is 1. The molecule has 0 heterocycles. The molecule has 0 aliphatic carbocycles. The van der Waals surface area contributed by atoms with E-state index in [4.69, 9.17) is 14.6 Å². The average Bonchev–Trinajstić information content (AvgIpc) is 2.72. The molecule has 0 atom stereocenters. The minimum absolute atomic E-state index is 0.126. The molecule has 2 N–H and O–H groups in total. The van der Waals surface area contributed by atoms with E-state index < -0.39 is 24.5 Å². The van der Waals surface area contributed by atoms with Crippen LogP contribution in [0.1, 0.15) is 22.8 Å². The van der Waals surface area contributed by atoms with Crippen molar-refractivity contribution in [2.24, 2.45) is 0 Å². The van der Waals surface area contributed by atoms with Gasteiger partial charge in [-0.3, -0.25) is 4.79 Å². The first-order valence-corrected chi connectivity index (χ1v) is 8.58. The first kappa shape index (κ1) is 21.2. The number of hydrogen-bond donors (Lipinski definition) is 2. The first-order valence-electron chi connectivity index (χ1n) is 8.58. The number of nitrogens with one attached hydrogen (secondary N) is 1. The Morgan fingerprint density at radius 2 is 1.76 bits per heavy atom. The van der Waals surface area contributed by atoms with Crippen LogP contribution in [0.3, 0.4) is 0 Å². The normalized spacial score (nSPS) is 10.6. The minimum atomic E-state index is -1.09. The number of esters is 1. The van der Waals surface area contributed by atoms with Crippen LogP contribution in [0.4, 0.5) is 5.69 Å². The van der Waals surface area contributed by atoms with Crippen LogP contribution in [0.15, 0.2) is 54.1 Å². The summed E-state index contributed by atoms with van der Waals surface area (Å²) in [6.07, 6.45) is 1.39. The summed E-state index contributed by atoms with van der Waals surface area (Å²) in [6, 6.07) is 14.2. The van der Waals surface area contributed by atoms with Crippen LogP contribution in [-0.4, -0.2) is 36.2 Å². The molecule has 148 valence electrons. The van der Waals surface area contributed by atoms with Crippen molar-refractivity contribution < 1.29 is 29.0 Å². The number of anilines is 1. The predicted octanol–water partition coefficient (Wildman–Crippen LogP) is 2.87. The van der Waals surface area contributed by atoms with Crippen molar-refractivity contribution >= 4 is 29.6 Å². The van der Waals surface area contributed by atoms with E-state index in [-0.39, 0.29) is 12.2 Å². The Kier molecular flexibility index (Phi) is 7.51. The Bertz CT molecular complexity index is 956. The van der Waals surface area contributed by atoms with E-state index in [0.717, 1.165) is 0 Å². The van der Waals surface area contributed by atoms with Gasteiger partial charge in [-0.2, -0.15) is 5.26 Å². The van der Waals surface area contributed by atoms with Gasteiger partial charge in [-0.25, -0.2) is 9.59 Å². The lowest BCUT2D eigenvalue weighted by atomic mass is 10.1. The van der Waals surface area contributed by atoms with Crippen molar-refractivity contribution in [3.8, 4) is 11.8 Å². The number of carboxylic acids is 1. The molecule has 2 aromatic rings. The second kappa shape index (κ2) is 10.3. The van der Waals surface area contributed by atoms with E-state index in [1.54, 1.807) is 19.1 Å². The van der Waals surface area contributed by atoms with Crippen molar-refractivity contribution in [2.45, 2.75) is 6.92 Å². The van der Waals surface area contributed by atoms with Crippen molar-refractivity contribution in [1.82, 2.24) is 0 Å². The fraction of sp³-hybridized carbons (Fsp3) is 0.143. The van der Waals surface area contributed by atoms with E-state index >= 15 is 0 Å². The third-order valence-electron chi connectivity index (χ3n) is 3.57. The Hall–Kier alpha value is -4.12. The number of hydrogen-bond acceptors (Lipinski definition) is 6. The number of benzene rings is 2. The molecule has 0 unspecified atom stereocenters. The van der Waals surface area contributed by atoms with Gasteiger partial charge >= 0.3 is 11.9 Å². The standard InChI is InChI=1S/C21H18N2O6/c1-2-28-21(27)15-5-7-17(8-6-15)23-20(26)16(12-22)11-14-3-9-18(10-4-14)29-13-19(24)25/h3-11H,2,13H2,1H3,(H,23,26)(H,24,25)/b16-11+. The molecule has 1 amide bonds.